The number of hydrogen-bond acceptors (Lipinski definition) is 4. The Bertz CT molecular complexity index is 945. The minimum absolute atomic E-state index is 0.0897. The third kappa shape index (κ3) is 3.52. The molecule has 0 aliphatic carbocycles. The highest BCUT2D eigenvalue weighted by molar-refractivity contribution is 6.07. The van der Waals surface area contributed by atoms with Crippen LogP contribution in [0, 0.1) is 0 Å². The molecule has 0 saturated heterocycles. The van der Waals surface area contributed by atoms with Crippen LogP contribution in [0.1, 0.15) is 22.3 Å². The molecule has 130 valence electrons. The third-order valence-electron chi connectivity index (χ3n) is 4.08. The predicted molar refractivity (Wildman–Crippen MR) is 99.0 cm³/mol. The van der Waals surface area contributed by atoms with Crippen LogP contribution in [0.15, 0.2) is 67.0 Å². The largest absolute Gasteiger partial charge is 0.490 e. The SMILES string of the molecule is O=C(C=Cc1cnn(-c2ccccc2)c1)c1ccc2c(c1)OCCCO2. The Balaban J connectivity index is 1.50. The van der Waals surface area contributed by atoms with Gasteiger partial charge < -0.3 is 9.47 Å². The molecule has 2 aromatic carbocycles. The van der Waals surface area contributed by atoms with E-state index in [-0.39, 0.29) is 5.78 Å². The van der Waals surface area contributed by atoms with Crippen LogP contribution in [0.25, 0.3) is 11.8 Å². The molecule has 2 heterocycles. The highest BCUT2D eigenvalue weighted by atomic mass is 16.5. The Labute approximate surface area is 151 Å². The first kappa shape index (κ1) is 16.1. The maximum atomic E-state index is 12.5. The topological polar surface area (TPSA) is 53.4 Å². The molecule has 0 saturated carbocycles. The van der Waals surface area contributed by atoms with Gasteiger partial charge in [0.05, 0.1) is 25.1 Å². The molecule has 0 fully saturated rings. The fourth-order valence-electron chi connectivity index (χ4n) is 2.73. The fourth-order valence-corrected chi connectivity index (χ4v) is 2.73. The smallest absolute Gasteiger partial charge is 0.185 e. The lowest BCUT2D eigenvalue weighted by Crippen LogP contribution is -1.98. The molecule has 5 heteroatoms. The molecular formula is C21H18N2O3. The zero-order valence-corrected chi connectivity index (χ0v) is 14.2. The maximum Gasteiger partial charge on any atom is 0.185 e. The number of aromatic nitrogens is 2. The highest BCUT2D eigenvalue weighted by Crippen LogP contribution is 2.30. The van der Waals surface area contributed by atoms with Crippen molar-refractivity contribution in [2.75, 3.05) is 13.2 Å². The molecular weight excluding hydrogens is 328 g/mol. The summed E-state index contributed by atoms with van der Waals surface area (Å²) in [6.45, 7) is 1.23. The van der Waals surface area contributed by atoms with E-state index in [1.165, 1.54) is 0 Å². The summed E-state index contributed by atoms with van der Waals surface area (Å²) in [6, 6.07) is 15.1. The minimum atomic E-state index is -0.0897. The average molecular weight is 346 g/mol. The molecule has 4 rings (SSSR count). The van der Waals surface area contributed by atoms with Gasteiger partial charge in [0.15, 0.2) is 17.3 Å². The molecule has 0 N–H and O–H groups in total. The van der Waals surface area contributed by atoms with Crippen LogP contribution in [0.2, 0.25) is 0 Å². The summed E-state index contributed by atoms with van der Waals surface area (Å²) in [6.07, 6.45) is 7.75. The molecule has 0 unspecified atom stereocenters. The third-order valence-corrected chi connectivity index (χ3v) is 4.08. The number of ketones is 1. The second-order valence-electron chi connectivity index (χ2n) is 5.96. The van der Waals surface area contributed by atoms with E-state index in [1.807, 2.05) is 36.5 Å². The summed E-state index contributed by atoms with van der Waals surface area (Å²) in [7, 11) is 0. The Morgan fingerprint density at radius 1 is 1.04 bits per heavy atom. The van der Waals surface area contributed by atoms with Gasteiger partial charge >= 0.3 is 0 Å². The van der Waals surface area contributed by atoms with Crippen LogP contribution in [0.4, 0.5) is 0 Å². The van der Waals surface area contributed by atoms with E-state index < -0.39 is 0 Å². The van der Waals surface area contributed by atoms with Crippen LogP contribution in [0.5, 0.6) is 11.5 Å². The van der Waals surface area contributed by atoms with Crippen LogP contribution in [0.3, 0.4) is 0 Å². The zero-order valence-electron chi connectivity index (χ0n) is 14.2. The van der Waals surface area contributed by atoms with Crippen molar-refractivity contribution in [3.63, 3.8) is 0 Å². The number of para-hydroxylation sites is 1. The van der Waals surface area contributed by atoms with Crippen LogP contribution >= 0.6 is 0 Å². The van der Waals surface area contributed by atoms with E-state index in [1.54, 1.807) is 41.2 Å². The monoisotopic (exact) mass is 346 g/mol. The summed E-state index contributed by atoms with van der Waals surface area (Å²) in [5.41, 5.74) is 2.40. The van der Waals surface area contributed by atoms with E-state index in [9.17, 15) is 4.79 Å². The van der Waals surface area contributed by atoms with Gasteiger partial charge in [-0.1, -0.05) is 18.2 Å². The summed E-state index contributed by atoms with van der Waals surface area (Å²) in [4.78, 5) is 12.5. The Hall–Kier alpha value is -3.34. The molecule has 0 atom stereocenters. The lowest BCUT2D eigenvalue weighted by Gasteiger charge is -2.07. The average Bonchev–Trinajstić information content (AvgIpc) is 3.04. The highest BCUT2D eigenvalue weighted by Gasteiger charge is 2.13. The number of carbonyl (C=O) groups is 1. The van der Waals surface area contributed by atoms with Gasteiger partial charge in [0.2, 0.25) is 0 Å². The number of allylic oxidation sites excluding steroid dienone is 1. The zero-order chi connectivity index (χ0) is 17.8. The van der Waals surface area contributed by atoms with E-state index in [4.69, 9.17) is 9.47 Å². The molecule has 1 aromatic heterocycles. The second-order valence-corrected chi connectivity index (χ2v) is 5.96. The standard InChI is InChI=1S/C21H18N2O3/c24-19(17-8-10-20-21(13-17)26-12-4-11-25-20)9-7-16-14-22-23(15-16)18-5-2-1-3-6-18/h1-3,5-10,13-15H,4,11-12H2. The summed E-state index contributed by atoms with van der Waals surface area (Å²) in [5.74, 6) is 1.22. The number of carbonyl (C=O) groups excluding carboxylic acids is 1. The number of ether oxygens (including phenoxy) is 2. The first-order valence-electron chi connectivity index (χ1n) is 8.52. The van der Waals surface area contributed by atoms with Crippen molar-refractivity contribution in [1.29, 1.82) is 0 Å². The van der Waals surface area contributed by atoms with Crippen molar-refractivity contribution in [2.24, 2.45) is 0 Å². The Morgan fingerprint density at radius 2 is 1.85 bits per heavy atom. The van der Waals surface area contributed by atoms with Crippen molar-refractivity contribution in [1.82, 2.24) is 9.78 Å². The van der Waals surface area contributed by atoms with Crippen molar-refractivity contribution < 1.29 is 14.3 Å². The second kappa shape index (κ2) is 7.27. The van der Waals surface area contributed by atoms with Crippen LogP contribution in [-0.2, 0) is 0 Å². The Morgan fingerprint density at radius 3 is 2.69 bits per heavy atom. The van der Waals surface area contributed by atoms with Gasteiger partial charge in [-0.05, 0) is 42.5 Å². The number of nitrogens with zero attached hydrogens (tertiary/aromatic N) is 2. The first-order chi connectivity index (χ1) is 12.8. The maximum absolute atomic E-state index is 12.5. The molecule has 0 bridgehead atoms. The number of benzene rings is 2. The molecule has 0 amide bonds. The van der Waals surface area contributed by atoms with Gasteiger partial charge in [-0.25, -0.2) is 4.68 Å². The Kier molecular flexibility index (Phi) is 4.51. The van der Waals surface area contributed by atoms with Gasteiger partial charge in [0.1, 0.15) is 0 Å². The van der Waals surface area contributed by atoms with E-state index in [0.717, 1.165) is 17.7 Å². The number of fused-ring (bicyclic) bond motifs is 1. The molecule has 26 heavy (non-hydrogen) atoms. The molecule has 3 aromatic rings. The van der Waals surface area contributed by atoms with Crippen molar-refractivity contribution >= 4 is 11.9 Å². The summed E-state index contributed by atoms with van der Waals surface area (Å²) < 4.78 is 13.0. The van der Waals surface area contributed by atoms with E-state index in [2.05, 4.69) is 5.10 Å². The van der Waals surface area contributed by atoms with Gasteiger partial charge in [-0.3, -0.25) is 4.79 Å². The number of hydrogen-bond donors (Lipinski definition) is 0. The van der Waals surface area contributed by atoms with Crippen LogP contribution < -0.4 is 9.47 Å². The van der Waals surface area contributed by atoms with E-state index in [0.29, 0.717) is 30.3 Å². The fraction of sp³-hybridized carbons (Fsp3) is 0.143. The predicted octanol–water partition coefficient (Wildman–Crippen LogP) is 3.93. The lowest BCUT2D eigenvalue weighted by molar-refractivity contribution is 0.104. The van der Waals surface area contributed by atoms with E-state index >= 15 is 0 Å². The van der Waals surface area contributed by atoms with Crippen LogP contribution in [-0.4, -0.2) is 28.8 Å². The number of rotatable bonds is 4. The van der Waals surface area contributed by atoms with Gasteiger partial charge in [-0.2, -0.15) is 5.10 Å². The van der Waals surface area contributed by atoms with Crippen molar-refractivity contribution in [3.8, 4) is 17.2 Å². The minimum Gasteiger partial charge on any atom is -0.490 e. The lowest BCUT2D eigenvalue weighted by atomic mass is 10.1. The summed E-state index contributed by atoms with van der Waals surface area (Å²) >= 11 is 0. The first-order valence-corrected chi connectivity index (χ1v) is 8.52. The molecule has 5 nitrogen and oxygen atoms in total. The quantitative estimate of drug-likeness (QED) is 0.530. The normalized spacial score (nSPS) is 13.5. The summed E-state index contributed by atoms with van der Waals surface area (Å²) in [5, 5.41) is 4.32. The van der Waals surface area contributed by atoms with Crippen molar-refractivity contribution in [3.05, 3.63) is 78.1 Å². The van der Waals surface area contributed by atoms with Crippen molar-refractivity contribution in [2.45, 2.75) is 6.42 Å². The molecule has 1 aliphatic heterocycles. The molecule has 1 aliphatic rings. The van der Waals surface area contributed by atoms with Gasteiger partial charge in [0, 0.05) is 23.7 Å². The molecule has 0 radical (unpaired) electrons. The molecule has 0 spiro atoms. The van der Waals surface area contributed by atoms with Gasteiger partial charge in [0.25, 0.3) is 0 Å². The van der Waals surface area contributed by atoms with Gasteiger partial charge in [-0.15, -0.1) is 0 Å².